The van der Waals surface area contributed by atoms with Crippen LogP contribution in [0.4, 0.5) is 0 Å². The van der Waals surface area contributed by atoms with Crippen molar-refractivity contribution in [3.8, 4) is 0 Å². The predicted octanol–water partition coefficient (Wildman–Crippen LogP) is 2.30. The summed E-state index contributed by atoms with van der Waals surface area (Å²) in [5.41, 5.74) is 1.58. The van der Waals surface area contributed by atoms with Gasteiger partial charge in [0.25, 0.3) is 0 Å². The first kappa shape index (κ1) is 11.2. The molecule has 0 amide bonds. The summed E-state index contributed by atoms with van der Waals surface area (Å²) in [7, 11) is 0. The maximum absolute atomic E-state index is 10.6. The monoisotopic (exact) mass is 230 g/mol. The van der Waals surface area contributed by atoms with Crippen molar-refractivity contribution in [2.45, 2.75) is 12.8 Å². The molecule has 0 radical (unpaired) electrons. The summed E-state index contributed by atoms with van der Waals surface area (Å²) in [5.74, 6) is 0. The molecule has 0 spiro atoms. The Morgan fingerprint density at radius 2 is 1.43 bits per heavy atom. The molecule has 0 aliphatic carbocycles. The van der Waals surface area contributed by atoms with Gasteiger partial charge in [-0.25, -0.2) is 0 Å². The van der Waals surface area contributed by atoms with E-state index in [2.05, 4.69) is 0 Å². The predicted molar refractivity (Wildman–Crippen MR) is 55.6 cm³/mol. The quantitative estimate of drug-likeness (QED) is 0.745. The molecule has 0 saturated heterocycles. The minimum absolute atomic E-state index is 0.172. The van der Waals surface area contributed by atoms with Crippen LogP contribution in [0.3, 0.4) is 0 Å². The van der Waals surface area contributed by atoms with E-state index in [1.54, 1.807) is 24.3 Å². The molecule has 0 aromatic heterocycles. The normalized spacial score (nSPS) is 9.86. The maximum Gasteiger partial charge on any atom is 0.226 e. The Morgan fingerprint density at radius 3 is 1.79 bits per heavy atom. The van der Waals surface area contributed by atoms with Crippen LogP contribution in [0.1, 0.15) is 11.1 Å². The van der Waals surface area contributed by atoms with Crippen LogP contribution in [0.5, 0.6) is 0 Å². The zero-order valence-corrected chi connectivity index (χ0v) is 8.81. The fourth-order valence-electron chi connectivity index (χ4n) is 1.17. The summed E-state index contributed by atoms with van der Waals surface area (Å²) in [4.78, 5) is 21.2. The smallest absolute Gasteiger partial charge is 0.226 e. The van der Waals surface area contributed by atoms with E-state index in [-0.39, 0.29) is 12.8 Å². The van der Waals surface area contributed by atoms with Gasteiger partial charge in [-0.3, -0.25) is 9.59 Å². The lowest BCUT2D eigenvalue weighted by Gasteiger charge is -2.00. The molecule has 0 N–H and O–H groups in total. The Bertz CT molecular complexity index is 330. The van der Waals surface area contributed by atoms with Crippen molar-refractivity contribution in [2.75, 3.05) is 0 Å². The zero-order chi connectivity index (χ0) is 10.6. The zero-order valence-electron chi connectivity index (χ0n) is 7.30. The van der Waals surface area contributed by atoms with E-state index >= 15 is 0 Å². The van der Waals surface area contributed by atoms with Gasteiger partial charge in [0.05, 0.1) is 0 Å². The lowest BCUT2D eigenvalue weighted by atomic mass is 10.1. The molecule has 0 unspecified atom stereocenters. The van der Waals surface area contributed by atoms with Crippen molar-refractivity contribution in [2.24, 2.45) is 0 Å². The minimum atomic E-state index is -0.417. The van der Waals surface area contributed by atoms with Crippen LogP contribution in [-0.2, 0) is 22.4 Å². The van der Waals surface area contributed by atoms with E-state index in [0.717, 1.165) is 11.1 Å². The minimum Gasteiger partial charge on any atom is -0.281 e. The fraction of sp³-hybridized carbons (Fsp3) is 0.200. The van der Waals surface area contributed by atoms with E-state index in [1.807, 2.05) is 0 Å². The molecule has 74 valence electrons. The Balaban J connectivity index is 2.78. The average molecular weight is 231 g/mol. The van der Waals surface area contributed by atoms with Gasteiger partial charge in [0.15, 0.2) is 0 Å². The molecule has 1 aromatic rings. The van der Waals surface area contributed by atoms with Gasteiger partial charge in [0.1, 0.15) is 0 Å². The average Bonchev–Trinajstić information content (AvgIpc) is 2.01. The number of hydrogen-bond donors (Lipinski definition) is 0. The van der Waals surface area contributed by atoms with Crippen molar-refractivity contribution in [1.82, 2.24) is 0 Å². The molecule has 0 atom stereocenters. The van der Waals surface area contributed by atoms with Crippen molar-refractivity contribution in [1.29, 1.82) is 0 Å². The molecular formula is C10H8Cl2O2. The molecule has 0 saturated carbocycles. The topological polar surface area (TPSA) is 34.1 Å². The number of hydrogen-bond acceptors (Lipinski definition) is 2. The molecule has 0 aliphatic rings. The highest BCUT2D eigenvalue weighted by Crippen LogP contribution is 2.09. The van der Waals surface area contributed by atoms with Crippen LogP contribution >= 0.6 is 23.2 Å². The SMILES string of the molecule is O=C(Cl)Cc1cccc(CC(=O)Cl)c1. The molecule has 0 bridgehead atoms. The molecule has 0 aliphatic heterocycles. The van der Waals surface area contributed by atoms with E-state index < -0.39 is 10.5 Å². The van der Waals surface area contributed by atoms with Crippen molar-refractivity contribution in [3.05, 3.63) is 35.4 Å². The highest BCUT2D eigenvalue weighted by Gasteiger charge is 2.03. The molecule has 4 heteroatoms. The van der Waals surface area contributed by atoms with Crippen LogP contribution in [0.15, 0.2) is 24.3 Å². The summed E-state index contributed by atoms with van der Waals surface area (Å²) >= 11 is 10.5. The van der Waals surface area contributed by atoms with Gasteiger partial charge in [0.2, 0.25) is 10.5 Å². The second-order valence-corrected chi connectivity index (χ2v) is 3.73. The van der Waals surface area contributed by atoms with Crippen LogP contribution in [0.25, 0.3) is 0 Å². The molecular weight excluding hydrogens is 223 g/mol. The summed E-state index contributed by atoms with van der Waals surface area (Å²) in [6.45, 7) is 0. The van der Waals surface area contributed by atoms with Gasteiger partial charge in [-0.2, -0.15) is 0 Å². The highest BCUT2D eigenvalue weighted by molar-refractivity contribution is 6.64. The van der Waals surface area contributed by atoms with Gasteiger partial charge < -0.3 is 0 Å². The number of carbonyl (C=O) groups excluding carboxylic acids is 2. The van der Waals surface area contributed by atoms with Crippen LogP contribution in [0.2, 0.25) is 0 Å². The molecule has 0 fully saturated rings. The van der Waals surface area contributed by atoms with Crippen molar-refractivity contribution in [3.63, 3.8) is 0 Å². The van der Waals surface area contributed by atoms with Gasteiger partial charge in [0, 0.05) is 12.8 Å². The standard InChI is InChI=1S/C10H8Cl2O2/c11-9(13)5-7-2-1-3-8(4-7)6-10(12)14/h1-4H,5-6H2. The van der Waals surface area contributed by atoms with Crippen LogP contribution in [0, 0.1) is 0 Å². The first-order valence-corrected chi connectivity index (χ1v) is 4.78. The van der Waals surface area contributed by atoms with Gasteiger partial charge in [-0.05, 0) is 34.3 Å². The fourth-order valence-corrected chi connectivity index (χ4v) is 1.48. The Kier molecular flexibility index (Phi) is 4.11. The molecule has 0 heterocycles. The number of halogens is 2. The first-order chi connectivity index (χ1) is 6.58. The summed E-state index contributed by atoms with van der Waals surface area (Å²) in [6, 6.07) is 7.08. The lowest BCUT2D eigenvalue weighted by Crippen LogP contribution is -1.97. The van der Waals surface area contributed by atoms with Crippen LogP contribution < -0.4 is 0 Å². The van der Waals surface area contributed by atoms with E-state index in [1.165, 1.54) is 0 Å². The summed E-state index contributed by atoms with van der Waals surface area (Å²) < 4.78 is 0. The summed E-state index contributed by atoms with van der Waals surface area (Å²) in [6.07, 6.45) is 0.345. The van der Waals surface area contributed by atoms with Crippen molar-refractivity contribution >= 4 is 33.7 Å². The van der Waals surface area contributed by atoms with Crippen molar-refractivity contribution < 1.29 is 9.59 Å². The molecule has 1 rings (SSSR count). The largest absolute Gasteiger partial charge is 0.281 e. The van der Waals surface area contributed by atoms with Gasteiger partial charge in [-0.1, -0.05) is 24.3 Å². The number of carbonyl (C=O) groups is 2. The Hall–Kier alpha value is -0.860. The third kappa shape index (κ3) is 3.90. The summed E-state index contributed by atoms with van der Waals surface area (Å²) in [5, 5.41) is -0.835. The van der Waals surface area contributed by atoms with Gasteiger partial charge in [-0.15, -0.1) is 0 Å². The third-order valence-corrected chi connectivity index (χ3v) is 1.94. The Morgan fingerprint density at radius 1 is 1.00 bits per heavy atom. The number of rotatable bonds is 4. The van der Waals surface area contributed by atoms with E-state index in [4.69, 9.17) is 23.2 Å². The first-order valence-electron chi connectivity index (χ1n) is 4.02. The van der Waals surface area contributed by atoms with E-state index in [9.17, 15) is 9.59 Å². The number of benzene rings is 1. The third-order valence-electron chi connectivity index (χ3n) is 1.68. The van der Waals surface area contributed by atoms with Crippen LogP contribution in [-0.4, -0.2) is 10.5 Å². The molecule has 1 aromatic carbocycles. The van der Waals surface area contributed by atoms with E-state index in [0.29, 0.717) is 0 Å². The van der Waals surface area contributed by atoms with Gasteiger partial charge >= 0.3 is 0 Å². The maximum atomic E-state index is 10.6. The highest BCUT2D eigenvalue weighted by atomic mass is 35.5. The Labute approximate surface area is 91.8 Å². The lowest BCUT2D eigenvalue weighted by molar-refractivity contribution is -0.111. The molecule has 14 heavy (non-hydrogen) atoms. The second-order valence-electron chi connectivity index (χ2n) is 2.88. The molecule has 2 nitrogen and oxygen atoms in total. The second kappa shape index (κ2) is 5.13.